The minimum atomic E-state index is -4.40. The maximum Gasteiger partial charge on any atom is 0.416 e. The number of halogens is 3. The first-order chi connectivity index (χ1) is 18.8. The summed E-state index contributed by atoms with van der Waals surface area (Å²) in [4.78, 5) is 16.7. The minimum absolute atomic E-state index is 0.0216. The Balaban J connectivity index is 1.08. The predicted molar refractivity (Wildman–Crippen MR) is 148 cm³/mol. The molecule has 3 nitrogen and oxygen atoms in total. The number of fused-ring (bicyclic) bond motifs is 3. The van der Waals surface area contributed by atoms with Crippen LogP contribution in [0.4, 0.5) is 13.2 Å². The molecule has 6 rings (SSSR count). The van der Waals surface area contributed by atoms with Crippen molar-refractivity contribution in [3.05, 3.63) is 108 Å². The maximum atomic E-state index is 13.5. The number of benzene rings is 4. The molecule has 2 aliphatic rings. The van der Waals surface area contributed by atoms with Crippen molar-refractivity contribution in [2.45, 2.75) is 60.7 Å². The Morgan fingerprint density at radius 2 is 1.56 bits per heavy atom. The minimum Gasteiger partial charge on any atom is -0.490 e. The molecule has 200 valence electrons. The van der Waals surface area contributed by atoms with Crippen molar-refractivity contribution in [1.82, 2.24) is 4.90 Å². The van der Waals surface area contributed by atoms with Crippen molar-refractivity contribution < 1.29 is 22.7 Å². The molecule has 0 spiro atoms. The summed E-state index contributed by atoms with van der Waals surface area (Å²) in [6.07, 6.45) is -1.59. The van der Waals surface area contributed by atoms with Crippen LogP contribution in [-0.4, -0.2) is 29.0 Å². The van der Waals surface area contributed by atoms with E-state index in [1.54, 1.807) is 17.8 Å². The highest BCUT2D eigenvalue weighted by atomic mass is 32.2. The van der Waals surface area contributed by atoms with Crippen molar-refractivity contribution in [3.8, 4) is 5.75 Å². The summed E-state index contributed by atoms with van der Waals surface area (Å²) >= 11 is 1.79. The first-order valence-corrected chi connectivity index (χ1v) is 14.2. The molecule has 0 N–H and O–H groups in total. The number of piperidine rings is 1. The average Bonchev–Trinajstić information content (AvgIpc) is 3.21. The van der Waals surface area contributed by atoms with E-state index < -0.39 is 11.7 Å². The van der Waals surface area contributed by atoms with Crippen LogP contribution in [0.1, 0.15) is 47.2 Å². The van der Waals surface area contributed by atoms with Crippen molar-refractivity contribution in [3.63, 3.8) is 0 Å². The number of alkyl halides is 3. The molecule has 0 unspecified atom stereocenters. The Bertz CT molecular complexity index is 1470. The largest absolute Gasteiger partial charge is 0.490 e. The number of hydrogen-bond donors (Lipinski definition) is 0. The number of hydrogen-bond acceptors (Lipinski definition) is 3. The third-order valence-electron chi connectivity index (χ3n) is 7.73. The fourth-order valence-corrected chi connectivity index (χ4v) is 6.90. The van der Waals surface area contributed by atoms with Crippen LogP contribution < -0.4 is 4.74 Å². The van der Waals surface area contributed by atoms with Gasteiger partial charge in [0.1, 0.15) is 11.9 Å². The van der Waals surface area contributed by atoms with Crippen molar-refractivity contribution in [2.24, 2.45) is 0 Å². The summed E-state index contributed by atoms with van der Waals surface area (Å²) in [5.74, 6) is 1.06. The highest BCUT2D eigenvalue weighted by molar-refractivity contribution is 7.98. The van der Waals surface area contributed by atoms with Gasteiger partial charge in [0, 0.05) is 41.1 Å². The lowest BCUT2D eigenvalue weighted by Crippen LogP contribution is -2.49. The van der Waals surface area contributed by atoms with Gasteiger partial charge in [0.05, 0.1) is 5.56 Å². The van der Waals surface area contributed by atoms with Gasteiger partial charge >= 0.3 is 6.18 Å². The zero-order valence-corrected chi connectivity index (χ0v) is 22.1. The maximum absolute atomic E-state index is 13.5. The molecule has 2 aliphatic heterocycles. The summed E-state index contributed by atoms with van der Waals surface area (Å²) in [6.45, 7) is 0. The highest BCUT2D eigenvalue weighted by Crippen LogP contribution is 2.39. The van der Waals surface area contributed by atoms with Gasteiger partial charge in [0.25, 0.3) is 5.91 Å². The van der Waals surface area contributed by atoms with Crippen LogP contribution in [0.3, 0.4) is 0 Å². The zero-order chi connectivity index (χ0) is 27.0. The van der Waals surface area contributed by atoms with Crippen molar-refractivity contribution in [1.29, 1.82) is 0 Å². The molecule has 39 heavy (non-hydrogen) atoms. The fraction of sp³-hybridized carbons (Fsp3) is 0.281. The van der Waals surface area contributed by atoms with Crippen LogP contribution in [0, 0.1) is 0 Å². The number of carbonyl (C=O) groups excluding carboxylic acids is 1. The van der Waals surface area contributed by atoms with Crippen molar-refractivity contribution in [2.75, 3.05) is 0 Å². The number of thioether (sulfide) groups is 1. The lowest BCUT2D eigenvalue weighted by molar-refractivity contribution is -0.137. The van der Waals surface area contributed by atoms with Crippen LogP contribution in [0.2, 0.25) is 0 Å². The molecule has 4 aromatic carbocycles. The molecule has 0 radical (unpaired) electrons. The van der Waals surface area contributed by atoms with Gasteiger partial charge < -0.3 is 9.64 Å². The normalized spacial score (nSPS) is 20.8. The second-order valence-electron chi connectivity index (χ2n) is 10.3. The van der Waals surface area contributed by atoms with E-state index in [4.69, 9.17) is 4.74 Å². The number of rotatable bonds is 6. The van der Waals surface area contributed by atoms with E-state index in [0.29, 0.717) is 18.4 Å². The van der Waals surface area contributed by atoms with Crippen molar-refractivity contribution >= 4 is 28.4 Å². The molecule has 2 bridgehead atoms. The average molecular weight is 548 g/mol. The SMILES string of the molecule is O=C(c1ccc(CSc2cccc3ccccc23)cc1)N1[C@H]2CC[C@H]1CC(Oc1cccc(C(F)(F)F)c1)C2. The molecule has 7 heteroatoms. The Labute approximate surface area is 230 Å². The molecule has 2 atom stereocenters. The van der Waals surface area contributed by atoms with Crippen LogP contribution in [0.15, 0.2) is 95.9 Å². The Hall–Kier alpha value is -3.45. The van der Waals surface area contributed by atoms with Crippen LogP contribution in [0.5, 0.6) is 5.75 Å². The monoisotopic (exact) mass is 547 g/mol. The summed E-state index contributed by atoms with van der Waals surface area (Å²) in [7, 11) is 0. The van der Waals surface area contributed by atoms with E-state index in [1.165, 1.54) is 21.7 Å². The van der Waals surface area contributed by atoms with Gasteiger partial charge in [0.15, 0.2) is 0 Å². The quantitative estimate of drug-likeness (QED) is 0.227. The van der Waals surface area contributed by atoms with Gasteiger partial charge in [-0.05, 0) is 65.6 Å². The highest BCUT2D eigenvalue weighted by Gasteiger charge is 2.44. The van der Waals surface area contributed by atoms with E-state index in [1.807, 2.05) is 35.2 Å². The lowest BCUT2D eigenvalue weighted by Gasteiger charge is -2.39. The molecule has 2 heterocycles. The fourth-order valence-electron chi connectivity index (χ4n) is 5.87. The van der Waals surface area contributed by atoms with Crippen LogP contribution >= 0.6 is 11.8 Å². The summed E-state index contributed by atoms with van der Waals surface area (Å²) in [5, 5.41) is 2.47. The van der Waals surface area contributed by atoms with E-state index in [0.717, 1.165) is 36.3 Å². The first kappa shape index (κ1) is 25.8. The van der Waals surface area contributed by atoms with Gasteiger partial charge in [-0.1, -0.05) is 54.6 Å². The van der Waals surface area contributed by atoms with E-state index in [-0.39, 0.29) is 29.8 Å². The standard InChI is InChI=1S/C32H28F3NO2S/c33-32(34,35)24-7-4-8-27(17-24)38-28-18-25-15-16-26(19-28)36(25)31(37)23-13-11-21(12-14-23)20-39-30-10-3-6-22-5-1-2-9-29(22)30/h1-14,17,25-26,28H,15-16,18-20H2/t25-,26-/m0/s1. The van der Waals surface area contributed by atoms with Gasteiger partial charge in [-0.3, -0.25) is 4.79 Å². The Morgan fingerprint density at radius 1 is 0.872 bits per heavy atom. The molecule has 0 aliphatic carbocycles. The van der Waals surface area contributed by atoms with Crippen LogP contribution in [-0.2, 0) is 11.9 Å². The topological polar surface area (TPSA) is 29.5 Å². The second-order valence-corrected chi connectivity index (χ2v) is 11.3. The predicted octanol–water partition coefficient (Wildman–Crippen LogP) is 8.37. The summed E-state index contributed by atoms with van der Waals surface area (Å²) in [5.41, 5.74) is 1.11. The molecule has 2 saturated heterocycles. The molecule has 4 aromatic rings. The third kappa shape index (κ3) is 5.50. The first-order valence-electron chi connectivity index (χ1n) is 13.2. The van der Waals surface area contributed by atoms with Gasteiger partial charge in [-0.15, -0.1) is 11.8 Å². The number of carbonyl (C=O) groups is 1. The van der Waals surface area contributed by atoms with Gasteiger partial charge in [-0.25, -0.2) is 0 Å². The van der Waals surface area contributed by atoms with E-state index >= 15 is 0 Å². The second kappa shape index (κ2) is 10.6. The molecule has 0 saturated carbocycles. The van der Waals surface area contributed by atoms with E-state index in [2.05, 4.69) is 36.4 Å². The molecular formula is C32H28F3NO2S. The van der Waals surface area contributed by atoms with E-state index in [9.17, 15) is 18.0 Å². The lowest BCUT2D eigenvalue weighted by atomic mass is 9.98. The van der Waals surface area contributed by atoms with Crippen LogP contribution in [0.25, 0.3) is 10.8 Å². The van der Waals surface area contributed by atoms with Gasteiger partial charge in [0.2, 0.25) is 0 Å². The molecule has 2 fully saturated rings. The van der Waals surface area contributed by atoms with Gasteiger partial charge in [-0.2, -0.15) is 13.2 Å². The summed E-state index contributed by atoms with van der Waals surface area (Å²) < 4.78 is 45.2. The molecule has 0 aromatic heterocycles. The summed E-state index contributed by atoms with van der Waals surface area (Å²) in [6, 6.07) is 27.7. The smallest absolute Gasteiger partial charge is 0.416 e. The Morgan fingerprint density at radius 3 is 2.31 bits per heavy atom. The molecule has 1 amide bonds. The number of ether oxygens (including phenoxy) is 1. The third-order valence-corrected chi connectivity index (χ3v) is 8.88. The zero-order valence-electron chi connectivity index (χ0n) is 21.2. The Kier molecular flexibility index (Phi) is 7.02. The number of amides is 1. The number of nitrogens with zero attached hydrogens (tertiary/aromatic N) is 1. The molecular weight excluding hydrogens is 519 g/mol.